The minimum absolute atomic E-state index is 0.0673. The second kappa shape index (κ2) is 6.75. The Morgan fingerprint density at radius 3 is 2.75 bits per heavy atom. The molecule has 1 aliphatic heterocycles. The van der Waals surface area contributed by atoms with Crippen LogP contribution in [0.3, 0.4) is 0 Å². The van der Waals surface area contributed by atoms with Crippen LogP contribution < -0.4 is 10.1 Å². The molecule has 110 valence electrons. The molecule has 1 heterocycles. The monoisotopic (exact) mass is 276 g/mol. The number of aryl methyl sites for hydroxylation is 1. The zero-order valence-corrected chi connectivity index (χ0v) is 12.6. The molecule has 0 bridgehead atoms. The van der Waals surface area contributed by atoms with Gasteiger partial charge in [-0.3, -0.25) is 4.79 Å². The van der Waals surface area contributed by atoms with Crippen LogP contribution in [0.15, 0.2) is 24.3 Å². The van der Waals surface area contributed by atoms with Gasteiger partial charge >= 0.3 is 0 Å². The van der Waals surface area contributed by atoms with E-state index in [1.54, 1.807) is 0 Å². The van der Waals surface area contributed by atoms with E-state index < -0.39 is 0 Å². The van der Waals surface area contributed by atoms with Crippen molar-refractivity contribution in [1.82, 2.24) is 10.2 Å². The molecular formula is C16H24N2O2. The van der Waals surface area contributed by atoms with E-state index in [9.17, 15) is 4.79 Å². The molecule has 1 atom stereocenters. The van der Waals surface area contributed by atoms with Crippen LogP contribution >= 0.6 is 0 Å². The maximum atomic E-state index is 12.2. The molecular weight excluding hydrogens is 252 g/mol. The Balaban J connectivity index is 1.83. The van der Waals surface area contributed by atoms with Crippen molar-refractivity contribution in [2.45, 2.75) is 26.8 Å². The summed E-state index contributed by atoms with van der Waals surface area (Å²) in [4.78, 5) is 14.1. The van der Waals surface area contributed by atoms with E-state index >= 15 is 0 Å². The summed E-state index contributed by atoms with van der Waals surface area (Å²) >= 11 is 0. The van der Waals surface area contributed by atoms with E-state index in [0.717, 1.165) is 25.4 Å². The number of carbonyl (C=O) groups excluding carboxylic acids is 1. The van der Waals surface area contributed by atoms with Gasteiger partial charge in [0, 0.05) is 25.7 Å². The Morgan fingerprint density at radius 1 is 1.40 bits per heavy atom. The summed E-state index contributed by atoms with van der Waals surface area (Å²) in [5, 5.41) is 3.45. The number of ether oxygens (including phenoxy) is 1. The molecule has 20 heavy (non-hydrogen) atoms. The van der Waals surface area contributed by atoms with Gasteiger partial charge in [0.05, 0.1) is 0 Å². The Kier molecular flexibility index (Phi) is 5.01. The van der Waals surface area contributed by atoms with Gasteiger partial charge in [-0.2, -0.15) is 0 Å². The quantitative estimate of drug-likeness (QED) is 0.912. The number of benzene rings is 1. The fraction of sp³-hybridized carbons (Fsp3) is 0.562. The maximum Gasteiger partial charge on any atom is 0.260 e. The normalized spacial score (nSPS) is 19.2. The lowest BCUT2D eigenvalue weighted by Gasteiger charge is -2.35. The first-order valence-corrected chi connectivity index (χ1v) is 7.27. The van der Waals surface area contributed by atoms with E-state index in [0.29, 0.717) is 12.0 Å². The number of amides is 1. The Labute approximate surface area is 121 Å². The second-order valence-electron chi connectivity index (χ2n) is 5.75. The van der Waals surface area contributed by atoms with E-state index in [-0.39, 0.29) is 12.5 Å². The molecule has 1 saturated heterocycles. The fourth-order valence-electron chi connectivity index (χ4n) is 2.32. The molecule has 0 spiro atoms. The molecule has 1 aromatic rings. The van der Waals surface area contributed by atoms with E-state index in [2.05, 4.69) is 19.2 Å². The van der Waals surface area contributed by atoms with Gasteiger partial charge in [-0.25, -0.2) is 0 Å². The average Bonchev–Trinajstić information content (AvgIpc) is 2.46. The molecule has 1 fully saturated rings. The van der Waals surface area contributed by atoms with Crippen LogP contribution in [0, 0.1) is 12.8 Å². The summed E-state index contributed by atoms with van der Waals surface area (Å²) in [6.45, 7) is 8.89. The van der Waals surface area contributed by atoms with Crippen molar-refractivity contribution in [1.29, 1.82) is 0 Å². The minimum Gasteiger partial charge on any atom is -0.484 e. The van der Waals surface area contributed by atoms with Crippen LogP contribution in [-0.4, -0.2) is 43.1 Å². The van der Waals surface area contributed by atoms with Crippen LogP contribution in [0.4, 0.5) is 0 Å². The van der Waals surface area contributed by atoms with Gasteiger partial charge in [-0.05, 0) is 25.0 Å². The van der Waals surface area contributed by atoms with Crippen LogP contribution in [0.1, 0.15) is 19.4 Å². The summed E-state index contributed by atoms with van der Waals surface area (Å²) in [6.07, 6.45) is 0. The zero-order chi connectivity index (χ0) is 14.5. The Morgan fingerprint density at radius 2 is 2.10 bits per heavy atom. The summed E-state index contributed by atoms with van der Waals surface area (Å²) < 4.78 is 5.56. The molecule has 0 saturated carbocycles. The molecule has 1 aromatic carbocycles. The van der Waals surface area contributed by atoms with Gasteiger partial charge in [0.25, 0.3) is 5.91 Å². The molecule has 1 N–H and O–H groups in total. The molecule has 1 aliphatic rings. The standard InChI is InChI=1S/C16H24N2O2/c1-12(2)15-10-18(9-8-17-15)16(19)11-20-14-6-4-13(3)5-7-14/h4-7,12,15,17H,8-11H2,1-3H3. The lowest BCUT2D eigenvalue weighted by atomic mass is 10.0. The van der Waals surface area contributed by atoms with Gasteiger partial charge in [-0.15, -0.1) is 0 Å². The first-order valence-electron chi connectivity index (χ1n) is 7.27. The van der Waals surface area contributed by atoms with E-state index in [4.69, 9.17) is 4.74 Å². The topological polar surface area (TPSA) is 41.6 Å². The number of rotatable bonds is 4. The van der Waals surface area contributed by atoms with Gasteiger partial charge in [0.2, 0.25) is 0 Å². The number of nitrogens with one attached hydrogen (secondary N) is 1. The lowest BCUT2D eigenvalue weighted by Crippen LogP contribution is -2.55. The Hall–Kier alpha value is -1.55. The SMILES string of the molecule is Cc1ccc(OCC(=O)N2CCNC(C(C)C)C2)cc1. The van der Waals surface area contributed by atoms with Gasteiger partial charge in [-0.1, -0.05) is 31.5 Å². The van der Waals surface area contributed by atoms with E-state index in [1.807, 2.05) is 36.1 Å². The highest BCUT2D eigenvalue weighted by atomic mass is 16.5. The molecule has 4 heteroatoms. The van der Waals surface area contributed by atoms with Gasteiger partial charge < -0.3 is 15.0 Å². The third-order valence-electron chi connectivity index (χ3n) is 3.75. The zero-order valence-electron chi connectivity index (χ0n) is 12.6. The van der Waals surface area contributed by atoms with Gasteiger partial charge in [0.15, 0.2) is 6.61 Å². The highest BCUT2D eigenvalue weighted by Gasteiger charge is 2.25. The highest BCUT2D eigenvalue weighted by Crippen LogP contribution is 2.12. The smallest absolute Gasteiger partial charge is 0.260 e. The predicted octanol–water partition coefficient (Wildman–Crippen LogP) is 1.83. The van der Waals surface area contributed by atoms with Crippen molar-refractivity contribution in [2.24, 2.45) is 5.92 Å². The summed E-state index contributed by atoms with van der Waals surface area (Å²) in [7, 11) is 0. The molecule has 4 nitrogen and oxygen atoms in total. The summed E-state index contributed by atoms with van der Waals surface area (Å²) in [5.41, 5.74) is 1.19. The lowest BCUT2D eigenvalue weighted by molar-refractivity contribution is -0.134. The number of carbonyl (C=O) groups is 1. The van der Waals surface area contributed by atoms with Crippen molar-refractivity contribution in [3.8, 4) is 5.75 Å². The molecule has 2 rings (SSSR count). The third-order valence-corrected chi connectivity index (χ3v) is 3.75. The third kappa shape index (κ3) is 3.97. The molecule has 0 aliphatic carbocycles. The van der Waals surface area contributed by atoms with Crippen molar-refractivity contribution in [3.05, 3.63) is 29.8 Å². The van der Waals surface area contributed by atoms with Crippen LogP contribution in [0.5, 0.6) is 5.75 Å². The molecule has 0 aromatic heterocycles. The highest BCUT2D eigenvalue weighted by molar-refractivity contribution is 5.78. The number of piperazine rings is 1. The first kappa shape index (κ1) is 14.9. The largest absolute Gasteiger partial charge is 0.484 e. The van der Waals surface area contributed by atoms with Gasteiger partial charge in [0.1, 0.15) is 5.75 Å². The van der Waals surface area contributed by atoms with Crippen molar-refractivity contribution in [3.63, 3.8) is 0 Å². The molecule has 1 amide bonds. The van der Waals surface area contributed by atoms with Crippen LogP contribution in [0.25, 0.3) is 0 Å². The number of hydrogen-bond acceptors (Lipinski definition) is 3. The predicted molar refractivity (Wildman–Crippen MR) is 79.9 cm³/mol. The number of nitrogens with zero attached hydrogens (tertiary/aromatic N) is 1. The fourth-order valence-corrected chi connectivity index (χ4v) is 2.32. The van der Waals surface area contributed by atoms with Crippen molar-refractivity contribution < 1.29 is 9.53 Å². The van der Waals surface area contributed by atoms with E-state index in [1.165, 1.54) is 5.56 Å². The first-order chi connectivity index (χ1) is 9.56. The number of hydrogen-bond donors (Lipinski definition) is 1. The van der Waals surface area contributed by atoms with Crippen LogP contribution in [0.2, 0.25) is 0 Å². The Bertz CT molecular complexity index is 442. The summed E-state index contributed by atoms with van der Waals surface area (Å²) in [6, 6.07) is 8.15. The van der Waals surface area contributed by atoms with Crippen LogP contribution in [-0.2, 0) is 4.79 Å². The minimum atomic E-state index is 0.0673. The summed E-state index contributed by atoms with van der Waals surface area (Å²) in [5.74, 6) is 1.35. The maximum absolute atomic E-state index is 12.2. The molecule has 0 radical (unpaired) electrons. The van der Waals surface area contributed by atoms with Crippen molar-refractivity contribution in [2.75, 3.05) is 26.2 Å². The average molecular weight is 276 g/mol. The molecule has 1 unspecified atom stereocenters. The second-order valence-corrected chi connectivity index (χ2v) is 5.75. The van der Waals surface area contributed by atoms with Crippen molar-refractivity contribution >= 4 is 5.91 Å².